The molecule has 4 heteroatoms. The van der Waals surface area contributed by atoms with E-state index in [0.717, 1.165) is 31.5 Å². The Labute approximate surface area is 143 Å². The van der Waals surface area contributed by atoms with Crippen LogP contribution in [0.4, 0.5) is 0 Å². The number of nitrogens with one attached hydrogen (secondary N) is 2. The van der Waals surface area contributed by atoms with Crippen molar-refractivity contribution in [2.75, 3.05) is 6.54 Å². The molecule has 120 valence electrons. The quantitative estimate of drug-likeness (QED) is 0.463. The van der Waals surface area contributed by atoms with E-state index in [1.54, 1.807) is 0 Å². The molecule has 0 saturated carbocycles. The lowest BCUT2D eigenvalue weighted by atomic mass is 10.1. The van der Waals surface area contributed by atoms with Crippen molar-refractivity contribution in [3.63, 3.8) is 0 Å². The smallest absolute Gasteiger partial charge is 0.186 e. The maximum Gasteiger partial charge on any atom is 0.186 e. The fraction of sp³-hybridized carbons (Fsp3) is 0.263. The van der Waals surface area contributed by atoms with Crippen molar-refractivity contribution in [3.8, 4) is 0 Å². The van der Waals surface area contributed by atoms with Gasteiger partial charge in [0.15, 0.2) is 5.11 Å². The van der Waals surface area contributed by atoms with E-state index in [-0.39, 0.29) is 0 Å². The molecule has 0 aliphatic rings. The second kappa shape index (κ2) is 9.74. The maximum atomic E-state index is 5.24. The van der Waals surface area contributed by atoms with Crippen LogP contribution in [0.25, 0.3) is 0 Å². The predicted octanol–water partition coefficient (Wildman–Crippen LogP) is 3.70. The highest BCUT2D eigenvalue weighted by Gasteiger charge is 1.97. The van der Waals surface area contributed by atoms with Crippen molar-refractivity contribution in [2.45, 2.75) is 26.2 Å². The lowest BCUT2D eigenvalue weighted by Gasteiger charge is -2.08. The SMILES string of the molecule is C/C(CCc1ccccc1)=N/NC(=S)NCCc1ccccc1. The zero-order valence-corrected chi connectivity index (χ0v) is 14.3. The molecule has 0 atom stereocenters. The van der Waals surface area contributed by atoms with Crippen LogP contribution < -0.4 is 10.7 Å². The fourth-order valence-electron chi connectivity index (χ4n) is 2.18. The lowest BCUT2D eigenvalue weighted by Crippen LogP contribution is -2.33. The summed E-state index contributed by atoms with van der Waals surface area (Å²) in [7, 11) is 0. The van der Waals surface area contributed by atoms with E-state index >= 15 is 0 Å². The van der Waals surface area contributed by atoms with Crippen LogP contribution in [0.1, 0.15) is 24.5 Å². The monoisotopic (exact) mass is 325 g/mol. The topological polar surface area (TPSA) is 36.4 Å². The van der Waals surface area contributed by atoms with Crippen LogP contribution >= 0.6 is 12.2 Å². The summed E-state index contributed by atoms with van der Waals surface area (Å²) in [6, 6.07) is 20.8. The van der Waals surface area contributed by atoms with E-state index < -0.39 is 0 Å². The third-order valence-electron chi connectivity index (χ3n) is 3.51. The van der Waals surface area contributed by atoms with Crippen LogP contribution in [0.2, 0.25) is 0 Å². The molecule has 2 rings (SSSR count). The number of nitrogens with zero attached hydrogens (tertiary/aromatic N) is 1. The third kappa shape index (κ3) is 7.06. The van der Waals surface area contributed by atoms with Gasteiger partial charge in [0.25, 0.3) is 0 Å². The zero-order chi connectivity index (χ0) is 16.3. The average Bonchev–Trinajstić information content (AvgIpc) is 2.60. The van der Waals surface area contributed by atoms with Crippen molar-refractivity contribution < 1.29 is 0 Å². The van der Waals surface area contributed by atoms with Gasteiger partial charge in [-0.2, -0.15) is 5.10 Å². The Morgan fingerprint density at radius 1 is 0.913 bits per heavy atom. The molecule has 2 N–H and O–H groups in total. The first-order chi connectivity index (χ1) is 11.2. The van der Waals surface area contributed by atoms with Gasteiger partial charge in [-0.1, -0.05) is 60.7 Å². The molecule has 0 amide bonds. The van der Waals surface area contributed by atoms with Crippen molar-refractivity contribution in [3.05, 3.63) is 71.8 Å². The summed E-state index contributed by atoms with van der Waals surface area (Å²) in [5.41, 5.74) is 6.58. The summed E-state index contributed by atoms with van der Waals surface area (Å²) < 4.78 is 0. The highest BCUT2D eigenvalue weighted by Crippen LogP contribution is 2.03. The predicted molar refractivity (Wildman–Crippen MR) is 102 cm³/mol. The summed E-state index contributed by atoms with van der Waals surface area (Å²) in [5, 5.41) is 8.07. The molecular formula is C19H23N3S. The number of aryl methyl sites for hydroxylation is 1. The van der Waals surface area contributed by atoms with Crippen molar-refractivity contribution in [1.82, 2.24) is 10.7 Å². The number of benzene rings is 2. The van der Waals surface area contributed by atoms with E-state index in [2.05, 4.69) is 52.2 Å². The third-order valence-corrected chi connectivity index (χ3v) is 3.74. The Bertz CT molecular complexity index is 624. The van der Waals surface area contributed by atoms with Crippen molar-refractivity contribution in [1.29, 1.82) is 0 Å². The summed E-state index contributed by atoms with van der Waals surface area (Å²) in [6.07, 6.45) is 2.86. The van der Waals surface area contributed by atoms with Crippen LogP contribution in [0.5, 0.6) is 0 Å². The summed E-state index contributed by atoms with van der Waals surface area (Å²) in [5.74, 6) is 0. The minimum Gasteiger partial charge on any atom is -0.361 e. The second-order valence-corrected chi connectivity index (χ2v) is 5.84. The first-order valence-electron chi connectivity index (χ1n) is 7.89. The molecule has 0 bridgehead atoms. The number of hydrazone groups is 1. The first kappa shape index (κ1) is 17.2. The summed E-state index contributed by atoms with van der Waals surface area (Å²) in [4.78, 5) is 0. The number of thiocarbonyl (C=S) groups is 1. The van der Waals surface area contributed by atoms with Gasteiger partial charge in [-0.05, 0) is 49.5 Å². The molecule has 0 heterocycles. The Balaban J connectivity index is 1.64. The molecule has 23 heavy (non-hydrogen) atoms. The van der Waals surface area contributed by atoms with Gasteiger partial charge in [-0.25, -0.2) is 0 Å². The molecule has 0 aliphatic heterocycles. The molecular weight excluding hydrogens is 302 g/mol. The first-order valence-corrected chi connectivity index (χ1v) is 8.30. The van der Waals surface area contributed by atoms with E-state index in [1.165, 1.54) is 11.1 Å². The molecule has 0 saturated heterocycles. The molecule has 2 aromatic carbocycles. The van der Waals surface area contributed by atoms with Gasteiger partial charge in [-0.3, -0.25) is 5.43 Å². The van der Waals surface area contributed by atoms with Crippen LogP contribution in [0, 0.1) is 0 Å². The summed E-state index contributed by atoms with van der Waals surface area (Å²) in [6.45, 7) is 2.82. The number of rotatable bonds is 7. The van der Waals surface area contributed by atoms with Crippen molar-refractivity contribution >= 4 is 23.0 Å². The number of hydrogen-bond acceptors (Lipinski definition) is 2. The second-order valence-electron chi connectivity index (χ2n) is 5.44. The van der Waals surface area contributed by atoms with E-state index in [9.17, 15) is 0 Å². The normalized spacial score (nSPS) is 11.1. The standard InChI is InChI=1S/C19H23N3S/c1-16(12-13-17-8-4-2-5-9-17)21-22-19(23)20-15-14-18-10-6-3-7-11-18/h2-11H,12-15H2,1H3,(H2,20,22,23)/b21-16-. The highest BCUT2D eigenvalue weighted by molar-refractivity contribution is 7.80. The van der Waals surface area contributed by atoms with Crippen molar-refractivity contribution in [2.24, 2.45) is 5.10 Å². The van der Waals surface area contributed by atoms with Gasteiger partial charge in [0.1, 0.15) is 0 Å². The van der Waals surface area contributed by atoms with Gasteiger partial charge >= 0.3 is 0 Å². The Hall–Kier alpha value is -2.20. The molecule has 3 nitrogen and oxygen atoms in total. The molecule has 0 spiro atoms. The molecule has 2 aromatic rings. The minimum atomic E-state index is 0.569. The molecule has 0 aliphatic carbocycles. The molecule has 0 radical (unpaired) electrons. The average molecular weight is 325 g/mol. The maximum absolute atomic E-state index is 5.24. The van der Waals surface area contributed by atoms with Crippen LogP contribution in [-0.2, 0) is 12.8 Å². The highest BCUT2D eigenvalue weighted by atomic mass is 32.1. The summed E-state index contributed by atoms with van der Waals surface area (Å²) >= 11 is 5.24. The Kier molecular flexibility index (Phi) is 7.27. The van der Waals surface area contributed by atoms with Gasteiger partial charge in [0.2, 0.25) is 0 Å². The van der Waals surface area contributed by atoms with E-state index in [1.807, 2.05) is 31.2 Å². The van der Waals surface area contributed by atoms with Crippen LogP contribution in [0.3, 0.4) is 0 Å². The van der Waals surface area contributed by atoms with Crippen LogP contribution in [0.15, 0.2) is 65.8 Å². The molecule has 0 unspecified atom stereocenters. The number of hydrogen-bond donors (Lipinski definition) is 2. The van der Waals surface area contributed by atoms with Gasteiger partial charge in [0.05, 0.1) is 0 Å². The minimum absolute atomic E-state index is 0.569. The Morgan fingerprint density at radius 2 is 1.48 bits per heavy atom. The molecule has 0 fully saturated rings. The van der Waals surface area contributed by atoms with E-state index in [4.69, 9.17) is 12.2 Å². The fourth-order valence-corrected chi connectivity index (χ4v) is 2.32. The molecule has 0 aromatic heterocycles. The van der Waals surface area contributed by atoms with Gasteiger partial charge < -0.3 is 5.32 Å². The lowest BCUT2D eigenvalue weighted by molar-refractivity contribution is 0.833. The zero-order valence-electron chi connectivity index (χ0n) is 13.5. The van der Waals surface area contributed by atoms with Gasteiger partial charge in [0, 0.05) is 12.3 Å². The van der Waals surface area contributed by atoms with Gasteiger partial charge in [-0.15, -0.1) is 0 Å². The van der Waals surface area contributed by atoms with E-state index in [0.29, 0.717) is 5.11 Å². The van der Waals surface area contributed by atoms with Crippen LogP contribution in [-0.4, -0.2) is 17.4 Å². The largest absolute Gasteiger partial charge is 0.361 e. The Morgan fingerprint density at radius 3 is 2.09 bits per heavy atom.